The van der Waals surface area contributed by atoms with Gasteiger partial charge >= 0.3 is 0 Å². The molecule has 0 bridgehead atoms. The van der Waals surface area contributed by atoms with Crippen molar-refractivity contribution in [2.45, 2.75) is 45.7 Å². The van der Waals surface area contributed by atoms with Crippen LogP contribution < -0.4 is 10.6 Å². The van der Waals surface area contributed by atoms with Crippen molar-refractivity contribution in [1.82, 2.24) is 30.2 Å². The van der Waals surface area contributed by atoms with E-state index in [1.807, 2.05) is 19.9 Å². The van der Waals surface area contributed by atoms with Crippen LogP contribution in [0.1, 0.15) is 41.8 Å². The monoisotopic (exact) mass is 360 g/mol. The molecule has 9 heteroatoms. The molecule has 2 aromatic heterocycles. The van der Waals surface area contributed by atoms with Crippen molar-refractivity contribution in [2.75, 3.05) is 6.54 Å². The Balaban J connectivity index is 0.00000132. The maximum absolute atomic E-state index is 12.3. The van der Waals surface area contributed by atoms with Crippen LogP contribution in [-0.4, -0.2) is 44.1 Å². The number of hydrogen-bond acceptors (Lipinski definition) is 5. The first-order chi connectivity index (χ1) is 10.0. The van der Waals surface area contributed by atoms with Gasteiger partial charge in [0, 0.05) is 23.5 Å². The zero-order chi connectivity index (χ0) is 15.0. The fourth-order valence-electron chi connectivity index (χ4n) is 2.74. The summed E-state index contributed by atoms with van der Waals surface area (Å²) in [6, 6.07) is 2.30. The Hall–Kier alpha value is -1.44. The fourth-order valence-corrected chi connectivity index (χ4v) is 2.74. The van der Waals surface area contributed by atoms with Crippen LogP contribution in [0.25, 0.3) is 5.78 Å². The number of piperidine rings is 1. The summed E-state index contributed by atoms with van der Waals surface area (Å²) in [4.78, 5) is 20.9. The number of halogens is 2. The average Bonchev–Trinajstić information content (AvgIpc) is 2.85. The maximum Gasteiger partial charge on any atom is 0.291 e. The van der Waals surface area contributed by atoms with E-state index < -0.39 is 0 Å². The molecule has 2 aromatic rings. The summed E-state index contributed by atoms with van der Waals surface area (Å²) in [5.41, 5.74) is 1.78. The van der Waals surface area contributed by atoms with Crippen LogP contribution in [0.5, 0.6) is 0 Å². The van der Waals surface area contributed by atoms with Crippen LogP contribution in [0.3, 0.4) is 0 Å². The molecule has 2 atom stereocenters. The molecule has 128 valence electrons. The van der Waals surface area contributed by atoms with Crippen molar-refractivity contribution in [1.29, 1.82) is 0 Å². The lowest BCUT2D eigenvalue weighted by Crippen LogP contribution is -2.52. The molecule has 1 saturated heterocycles. The predicted octanol–water partition coefficient (Wildman–Crippen LogP) is 1.46. The van der Waals surface area contributed by atoms with Crippen LogP contribution in [0.15, 0.2) is 6.07 Å². The van der Waals surface area contributed by atoms with Gasteiger partial charge in [-0.25, -0.2) is 9.50 Å². The molecule has 1 aliphatic heterocycles. The first-order valence-electron chi connectivity index (χ1n) is 7.30. The van der Waals surface area contributed by atoms with Gasteiger partial charge in [-0.3, -0.25) is 4.79 Å². The molecule has 0 aliphatic carbocycles. The third-order valence-corrected chi connectivity index (χ3v) is 3.90. The summed E-state index contributed by atoms with van der Waals surface area (Å²) in [5.74, 6) is 0.402. The van der Waals surface area contributed by atoms with Crippen molar-refractivity contribution in [2.24, 2.45) is 0 Å². The zero-order valence-electron chi connectivity index (χ0n) is 13.4. The third kappa shape index (κ3) is 4.10. The van der Waals surface area contributed by atoms with Crippen molar-refractivity contribution in [3.8, 4) is 0 Å². The van der Waals surface area contributed by atoms with Crippen molar-refractivity contribution < 1.29 is 4.79 Å². The van der Waals surface area contributed by atoms with Crippen molar-refractivity contribution >= 4 is 36.5 Å². The first-order valence-corrected chi connectivity index (χ1v) is 7.30. The van der Waals surface area contributed by atoms with Gasteiger partial charge < -0.3 is 10.6 Å². The summed E-state index contributed by atoms with van der Waals surface area (Å²) in [5, 5.41) is 10.6. The number of carbonyl (C=O) groups excluding carboxylic acids is 1. The van der Waals surface area contributed by atoms with E-state index in [4.69, 9.17) is 0 Å². The second-order valence-corrected chi connectivity index (χ2v) is 5.65. The number of amides is 1. The number of nitrogens with zero attached hydrogens (tertiary/aromatic N) is 4. The normalized spacial score (nSPS) is 20.5. The Kier molecular flexibility index (Phi) is 6.73. The van der Waals surface area contributed by atoms with Gasteiger partial charge in [0.2, 0.25) is 5.82 Å². The number of fused-ring (bicyclic) bond motifs is 1. The molecule has 0 saturated carbocycles. The largest absolute Gasteiger partial charge is 0.345 e. The van der Waals surface area contributed by atoms with E-state index in [0.29, 0.717) is 5.78 Å². The average molecular weight is 361 g/mol. The summed E-state index contributed by atoms with van der Waals surface area (Å²) in [7, 11) is 0. The second kappa shape index (κ2) is 7.90. The molecule has 0 radical (unpaired) electrons. The molecule has 3 rings (SSSR count). The smallest absolute Gasteiger partial charge is 0.291 e. The minimum Gasteiger partial charge on any atom is -0.345 e. The lowest BCUT2D eigenvalue weighted by molar-refractivity contribution is 0.0909. The van der Waals surface area contributed by atoms with Gasteiger partial charge in [-0.15, -0.1) is 29.9 Å². The molecule has 2 unspecified atom stereocenters. The van der Waals surface area contributed by atoms with Gasteiger partial charge in [0.1, 0.15) is 0 Å². The van der Waals surface area contributed by atoms with Crippen LogP contribution in [-0.2, 0) is 0 Å². The van der Waals surface area contributed by atoms with Gasteiger partial charge in [0.05, 0.1) is 0 Å². The van der Waals surface area contributed by atoms with Gasteiger partial charge in [0.15, 0.2) is 0 Å². The Bertz CT molecular complexity index is 689. The van der Waals surface area contributed by atoms with Crippen LogP contribution in [0, 0.1) is 13.8 Å². The minimum atomic E-state index is -0.238. The Labute approximate surface area is 147 Å². The summed E-state index contributed by atoms with van der Waals surface area (Å²) in [6.07, 6.45) is 2.04. The zero-order valence-corrected chi connectivity index (χ0v) is 15.0. The van der Waals surface area contributed by atoms with E-state index in [2.05, 4.69) is 32.6 Å². The number of nitrogens with one attached hydrogen (secondary N) is 2. The van der Waals surface area contributed by atoms with E-state index in [-0.39, 0.29) is 48.6 Å². The van der Waals surface area contributed by atoms with Crippen molar-refractivity contribution in [3.63, 3.8) is 0 Å². The maximum atomic E-state index is 12.3. The Morgan fingerprint density at radius 3 is 2.78 bits per heavy atom. The van der Waals surface area contributed by atoms with Gasteiger partial charge in [0.25, 0.3) is 11.7 Å². The van der Waals surface area contributed by atoms with Gasteiger partial charge in [-0.2, -0.15) is 4.98 Å². The third-order valence-electron chi connectivity index (χ3n) is 3.90. The lowest BCUT2D eigenvalue weighted by atomic mass is 10.00. The van der Waals surface area contributed by atoms with Crippen LogP contribution >= 0.6 is 24.8 Å². The Morgan fingerprint density at radius 2 is 2.09 bits per heavy atom. The number of rotatable bonds is 2. The molecule has 1 amide bonds. The topological polar surface area (TPSA) is 84.2 Å². The van der Waals surface area contributed by atoms with E-state index in [9.17, 15) is 4.79 Å². The van der Waals surface area contributed by atoms with Crippen LogP contribution in [0.4, 0.5) is 0 Å². The quantitative estimate of drug-likeness (QED) is 0.846. The number of aromatic nitrogens is 4. The van der Waals surface area contributed by atoms with E-state index in [1.54, 1.807) is 4.52 Å². The van der Waals surface area contributed by atoms with E-state index in [1.165, 1.54) is 0 Å². The number of aryl methyl sites for hydroxylation is 2. The predicted molar refractivity (Wildman–Crippen MR) is 92.7 cm³/mol. The van der Waals surface area contributed by atoms with E-state index in [0.717, 1.165) is 30.8 Å². The van der Waals surface area contributed by atoms with Crippen LogP contribution in [0.2, 0.25) is 0 Å². The molecule has 2 N–H and O–H groups in total. The Morgan fingerprint density at radius 1 is 1.35 bits per heavy atom. The minimum absolute atomic E-state index is 0. The summed E-state index contributed by atoms with van der Waals surface area (Å²) < 4.78 is 1.60. The molecule has 3 heterocycles. The van der Waals surface area contributed by atoms with Crippen molar-refractivity contribution in [3.05, 3.63) is 23.3 Å². The molecule has 0 spiro atoms. The molecule has 7 nitrogen and oxygen atoms in total. The highest BCUT2D eigenvalue weighted by Gasteiger charge is 2.24. The summed E-state index contributed by atoms with van der Waals surface area (Å²) >= 11 is 0. The SMILES string of the molecule is Cc1cc(C)n2nc(C(=O)NC3CCCNC3C)nc2n1.Cl.Cl. The fraction of sp³-hybridized carbons (Fsp3) is 0.571. The molecular weight excluding hydrogens is 339 g/mol. The molecule has 23 heavy (non-hydrogen) atoms. The van der Waals surface area contributed by atoms with E-state index >= 15 is 0 Å². The van der Waals surface area contributed by atoms with Gasteiger partial charge in [-0.05, 0) is 46.2 Å². The highest BCUT2D eigenvalue weighted by Crippen LogP contribution is 2.10. The lowest BCUT2D eigenvalue weighted by Gasteiger charge is -2.30. The number of carbonyl (C=O) groups is 1. The highest BCUT2D eigenvalue weighted by atomic mass is 35.5. The second-order valence-electron chi connectivity index (χ2n) is 5.65. The highest BCUT2D eigenvalue weighted by molar-refractivity contribution is 5.91. The molecule has 1 aliphatic rings. The molecule has 1 fully saturated rings. The summed E-state index contributed by atoms with van der Waals surface area (Å²) in [6.45, 7) is 6.90. The molecule has 0 aromatic carbocycles. The standard InChI is InChI=1S/C14H20N6O.2ClH/c1-8-7-9(2)20-14(16-8)18-12(19-20)13(21)17-11-5-4-6-15-10(11)3;;/h7,10-11,15H,4-6H2,1-3H3,(H,17,21);2*1H. The first kappa shape index (κ1) is 19.6. The van der Waals surface area contributed by atoms with Gasteiger partial charge in [-0.1, -0.05) is 0 Å². The number of hydrogen-bond donors (Lipinski definition) is 2. The molecular formula is C14H22Cl2N6O.